The average molecular weight is 323 g/mol. The molecule has 0 saturated carbocycles. The van der Waals surface area contributed by atoms with Crippen molar-refractivity contribution in [1.82, 2.24) is 5.32 Å². The number of nitriles is 1. The van der Waals surface area contributed by atoms with Gasteiger partial charge in [-0.2, -0.15) is 5.26 Å². The minimum Gasteiger partial charge on any atom is -0.356 e. The van der Waals surface area contributed by atoms with Gasteiger partial charge in [0.1, 0.15) is 0 Å². The highest BCUT2D eigenvalue weighted by atomic mass is 32.1. The largest absolute Gasteiger partial charge is 0.356 e. The first-order valence-electron chi connectivity index (χ1n) is 7.73. The van der Waals surface area contributed by atoms with Crippen molar-refractivity contribution < 1.29 is 0 Å². The smallest absolute Gasteiger partial charge is 0.171 e. The molecule has 2 rings (SSSR count). The van der Waals surface area contributed by atoms with Gasteiger partial charge in [0.2, 0.25) is 0 Å². The first-order valence-corrected chi connectivity index (χ1v) is 8.13. The fraction of sp³-hybridized carbons (Fsp3) is 0.263. The maximum Gasteiger partial charge on any atom is 0.171 e. The predicted molar refractivity (Wildman–Crippen MR) is 99.3 cm³/mol. The molecule has 0 aliphatic heterocycles. The van der Waals surface area contributed by atoms with E-state index in [1.54, 1.807) is 0 Å². The number of aryl methyl sites for hydroxylation is 1. The Kier molecular flexibility index (Phi) is 6.13. The van der Waals surface area contributed by atoms with Gasteiger partial charge in [-0.25, -0.2) is 0 Å². The molecular weight excluding hydrogens is 302 g/mol. The lowest BCUT2D eigenvalue weighted by Gasteiger charge is -2.21. The summed E-state index contributed by atoms with van der Waals surface area (Å²) in [6.07, 6.45) is 1.38. The summed E-state index contributed by atoms with van der Waals surface area (Å²) >= 11 is 5.43. The molecule has 0 fully saturated rings. The van der Waals surface area contributed by atoms with Gasteiger partial charge in [-0.1, -0.05) is 43.3 Å². The van der Waals surface area contributed by atoms with Crippen LogP contribution >= 0.6 is 12.2 Å². The highest BCUT2D eigenvalue weighted by Crippen LogP contribution is 2.20. The van der Waals surface area contributed by atoms with E-state index in [1.807, 2.05) is 30.3 Å². The summed E-state index contributed by atoms with van der Waals surface area (Å²) in [5.41, 5.74) is 4.45. The van der Waals surface area contributed by atoms with E-state index in [9.17, 15) is 0 Å². The molecule has 0 amide bonds. The zero-order valence-corrected chi connectivity index (χ0v) is 14.3. The van der Waals surface area contributed by atoms with Crippen molar-refractivity contribution in [3.63, 3.8) is 0 Å². The van der Waals surface area contributed by atoms with Crippen molar-refractivity contribution in [2.24, 2.45) is 0 Å². The summed E-state index contributed by atoms with van der Waals surface area (Å²) < 4.78 is 0. The van der Waals surface area contributed by atoms with Crippen LogP contribution in [0.1, 0.15) is 36.1 Å². The van der Waals surface area contributed by atoms with E-state index in [2.05, 4.69) is 48.7 Å². The Bertz CT molecular complexity index is 701. The number of rotatable bonds is 5. The Hall–Kier alpha value is -2.38. The van der Waals surface area contributed by atoms with Gasteiger partial charge in [0, 0.05) is 5.69 Å². The van der Waals surface area contributed by atoms with Crippen LogP contribution in [0.3, 0.4) is 0 Å². The molecule has 0 spiro atoms. The van der Waals surface area contributed by atoms with Crippen LogP contribution in [0.4, 0.5) is 5.69 Å². The van der Waals surface area contributed by atoms with Gasteiger partial charge in [0.05, 0.1) is 18.5 Å². The van der Waals surface area contributed by atoms with Crippen LogP contribution in [0.2, 0.25) is 0 Å². The summed E-state index contributed by atoms with van der Waals surface area (Å²) in [4.78, 5) is 0. The third-order valence-corrected chi connectivity index (χ3v) is 3.99. The van der Waals surface area contributed by atoms with Crippen molar-refractivity contribution in [1.29, 1.82) is 5.26 Å². The molecular formula is C19H21N3S. The zero-order valence-electron chi connectivity index (χ0n) is 13.5. The fourth-order valence-electron chi connectivity index (χ4n) is 2.50. The Morgan fingerprint density at radius 2 is 1.87 bits per heavy atom. The molecule has 2 aromatic carbocycles. The molecule has 3 nitrogen and oxygen atoms in total. The van der Waals surface area contributed by atoms with E-state index in [0.717, 1.165) is 17.7 Å². The number of benzene rings is 2. The quantitative estimate of drug-likeness (QED) is 0.795. The standard InChI is InChI=1S/C19H21N3S/c1-3-18(17-7-5-4-6-14(17)2)22-19(23)21-16-10-8-15(9-11-16)12-13-20/h4-11,18H,3,12H2,1-2H3,(H2,21,22,23). The number of nitrogens with one attached hydrogen (secondary N) is 2. The minimum absolute atomic E-state index is 0.189. The molecule has 1 unspecified atom stereocenters. The summed E-state index contributed by atoms with van der Waals surface area (Å²) in [5.74, 6) is 0. The van der Waals surface area contributed by atoms with Crippen LogP contribution in [0.25, 0.3) is 0 Å². The van der Waals surface area contributed by atoms with Gasteiger partial charge >= 0.3 is 0 Å². The van der Waals surface area contributed by atoms with Gasteiger partial charge in [-0.3, -0.25) is 0 Å². The van der Waals surface area contributed by atoms with Crippen LogP contribution in [-0.4, -0.2) is 5.11 Å². The van der Waals surface area contributed by atoms with E-state index >= 15 is 0 Å². The zero-order chi connectivity index (χ0) is 16.7. The maximum absolute atomic E-state index is 8.69. The molecule has 23 heavy (non-hydrogen) atoms. The predicted octanol–water partition coefficient (Wildman–Crippen LogP) is 4.50. The number of hydrogen-bond donors (Lipinski definition) is 2. The molecule has 4 heteroatoms. The number of anilines is 1. The molecule has 0 saturated heterocycles. The van der Waals surface area contributed by atoms with Crippen LogP contribution in [0.5, 0.6) is 0 Å². The second-order valence-corrected chi connectivity index (χ2v) is 5.86. The molecule has 118 valence electrons. The van der Waals surface area contributed by atoms with Crippen molar-refractivity contribution in [2.45, 2.75) is 32.7 Å². The highest BCUT2D eigenvalue weighted by molar-refractivity contribution is 7.80. The molecule has 1 atom stereocenters. The first-order chi connectivity index (χ1) is 11.1. The number of hydrogen-bond acceptors (Lipinski definition) is 2. The molecule has 2 N–H and O–H groups in total. The van der Waals surface area contributed by atoms with Crippen LogP contribution < -0.4 is 10.6 Å². The fourth-order valence-corrected chi connectivity index (χ4v) is 2.76. The van der Waals surface area contributed by atoms with Crippen LogP contribution in [-0.2, 0) is 6.42 Å². The highest BCUT2D eigenvalue weighted by Gasteiger charge is 2.12. The third kappa shape index (κ3) is 4.80. The second kappa shape index (κ2) is 8.30. The summed E-state index contributed by atoms with van der Waals surface area (Å²) in [7, 11) is 0. The molecule has 0 bridgehead atoms. The van der Waals surface area contributed by atoms with Crippen molar-refractivity contribution in [3.8, 4) is 6.07 Å². The lowest BCUT2D eigenvalue weighted by molar-refractivity contribution is 0.625. The van der Waals surface area contributed by atoms with E-state index in [0.29, 0.717) is 11.5 Å². The van der Waals surface area contributed by atoms with E-state index in [-0.39, 0.29) is 6.04 Å². The van der Waals surface area contributed by atoms with E-state index in [4.69, 9.17) is 17.5 Å². The molecule has 0 heterocycles. The number of thiocarbonyl (C=S) groups is 1. The van der Waals surface area contributed by atoms with E-state index in [1.165, 1.54) is 11.1 Å². The first kappa shape index (κ1) is 17.0. The van der Waals surface area contributed by atoms with Gasteiger partial charge in [0.15, 0.2) is 5.11 Å². The topological polar surface area (TPSA) is 47.8 Å². The summed E-state index contributed by atoms with van der Waals surface area (Å²) in [5, 5.41) is 15.9. The Labute approximate surface area is 143 Å². The van der Waals surface area contributed by atoms with Gasteiger partial charge in [-0.15, -0.1) is 0 Å². The molecule has 2 aromatic rings. The van der Waals surface area contributed by atoms with Crippen LogP contribution in [0.15, 0.2) is 48.5 Å². The minimum atomic E-state index is 0.189. The van der Waals surface area contributed by atoms with Gasteiger partial charge < -0.3 is 10.6 Å². The second-order valence-electron chi connectivity index (χ2n) is 5.45. The van der Waals surface area contributed by atoms with Gasteiger partial charge in [0.25, 0.3) is 0 Å². The number of nitrogens with zero attached hydrogens (tertiary/aromatic N) is 1. The molecule has 0 radical (unpaired) electrons. The maximum atomic E-state index is 8.69. The average Bonchev–Trinajstić information content (AvgIpc) is 2.55. The summed E-state index contributed by atoms with van der Waals surface area (Å²) in [6.45, 7) is 4.26. The monoisotopic (exact) mass is 323 g/mol. The van der Waals surface area contributed by atoms with Crippen molar-refractivity contribution in [2.75, 3.05) is 5.32 Å². The van der Waals surface area contributed by atoms with Crippen molar-refractivity contribution >= 4 is 23.0 Å². The Balaban J connectivity index is 2.00. The Morgan fingerprint density at radius 3 is 2.48 bits per heavy atom. The normalized spacial score (nSPS) is 11.3. The molecule has 0 aliphatic rings. The van der Waals surface area contributed by atoms with E-state index < -0.39 is 0 Å². The molecule has 0 aliphatic carbocycles. The Morgan fingerprint density at radius 1 is 1.17 bits per heavy atom. The summed E-state index contributed by atoms with van der Waals surface area (Å²) in [6, 6.07) is 18.4. The van der Waals surface area contributed by atoms with Crippen LogP contribution in [0, 0.1) is 18.3 Å². The lowest BCUT2D eigenvalue weighted by Crippen LogP contribution is -2.32. The third-order valence-electron chi connectivity index (χ3n) is 3.77. The SMILES string of the molecule is CCC(NC(=S)Nc1ccc(CC#N)cc1)c1ccccc1C. The lowest BCUT2D eigenvalue weighted by atomic mass is 10.00. The van der Waals surface area contributed by atoms with Crippen molar-refractivity contribution in [3.05, 3.63) is 65.2 Å². The van der Waals surface area contributed by atoms with Gasteiger partial charge in [-0.05, 0) is 54.4 Å². The molecule has 0 aromatic heterocycles.